The van der Waals surface area contributed by atoms with Crippen LogP contribution < -0.4 is 5.32 Å². The Morgan fingerprint density at radius 2 is 2.53 bits per heavy atom. The zero-order valence-corrected chi connectivity index (χ0v) is 9.19. The van der Waals surface area contributed by atoms with Crippen LogP contribution in [0.1, 0.15) is 19.8 Å². The van der Waals surface area contributed by atoms with Crippen LogP contribution in [-0.2, 0) is 4.74 Å². The Balaban J connectivity index is 2.35. The molecule has 15 heavy (non-hydrogen) atoms. The molecule has 1 aliphatic rings. The molecular formula is C10H17N3O2. The molecule has 0 radical (unpaired) electrons. The second kappa shape index (κ2) is 5.56. The molecule has 0 bridgehead atoms. The van der Waals surface area contributed by atoms with Gasteiger partial charge in [-0.3, -0.25) is 0 Å². The fourth-order valence-corrected chi connectivity index (χ4v) is 1.39. The van der Waals surface area contributed by atoms with Gasteiger partial charge in [0, 0.05) is 19.7 Å². The molecule has 0 aromatic heterocycles. The standard InChI is InChI=1S/C10H17N3O2/c1-8(3-5-11)13(2)10(14)12-9-4-6-15-7-9/h8-9H,3-4,6-7H2,1-2H3,(H,12,14). The van der Waals surface area contributed by atoms with Crippen molar-refractivity contribution in [2.45, 2.75) is 31.8 Å². The Kier molecular flexibility index (Phi) is 4.37. The molecule has 0 aromatic rings. The van der Waals surface area contributed by atoms with Gasteiger partial charge in [-0.15, -0.1) is 0 Å². The summed E-state index contributed by atoms with van der Waals surface area (Å²) in [6.45, 7) is 3.16. The van der Waals surface area contributed by atoms with Gasteiger partial charge in [0.1, 0.15) is 0 Å². The summed E-state index contributed by atoms with van der Waals surface area (Å²) in [7, 11) is 1.70. The van der Waals surface area contributed by atoms with Gasteiger partial charge in [-0.2, -0.15) is 5.26 Å². The quantitative estimate of drug-likeness (QED) is 0.748. The summed E-state index contributed by atoms with van der Waals surface area (Å²) < 4.78 is 5.16. The van der Waals surface area contributed by atoms with E-state index in [1.165, 1.54) is 0 Å². The summed E-state index contributed by atoms with van der Waals surface area (Å²) in [6.07, 6.45) is 1.22. The topological polar surface area (TPSA) is 65.4 Å². The number of ether oxygens (including phenoxy) is 1. The molecule has 0 aromatic carbocycles. The molecule has 2 unspecified atom stereocenters. The third-order valence-corrected chi connectivity index (χ3v) is 2.63. The first kappa shape index (κ1) is 11.8. The highest BCUT2D eigenvalue weighted by Crippen LogP contribution is 2.06. The summed E-state index contributed by atoms with van der Waals surface area (Å²) in [5.41, 5.74) is 0. The third kappa shape index (κ3) is 3.40. The smallest absolute Gasteiger partial charge is 0.317 e. The van der Waals surface area contributed by atoms with Crippen LogP contribution >= 0.6 is 0 Å². The van der Waals surface area contributed by atoms with E-state index in [9.17, 15) is 4.79 Å². The van der Waals surface area contributed by atoms with Crippen molar-refractivity contribution in [3.05, 3.63) is 0 Å². The van der Waals surface area contributed by atoms with E-state index in [0.717, 1.165) is 6.42 Å². The van der Waals surface area contributed by atoms with Crippen LogP contribution in [0.5, 0.6) is 0 Å². The molecule has 2 amide bonds. The van der Waals surface area contributed by atoms with Crippen molar-refractivity contribution in [2.75, 3.05) is 20.3 Å². The number of hydrogen-bond donors (Lipinski definition) is 1. The maximum absolute atomic E-state index is 11.7. The lowest BCUT2D eigenvalue weighted by Gasteiger charge is -2.24. The van der Waals surface area contributed by atoms with Crippen molar-refractivity contribution in [3.8, 4) is 6.07 Å². The zero-order valence-electron chi connectivity index (χ0n) is 9.19. The number of amides is 2. The lowest BCUT2D eigenvalue weighted by molar-refractivity contribution is 0.176. The second-order valence-electron chi connectivity index (χ2n) is 3.83. The van der Waals surface area contributed by atoms with E-state index in [4.69, 9.17) is 10.00 Å². The molecular weight excluding hydrogens is 194 g/mol. The Labute approximate surface area is 90.0 Å². The van der Waals surface area contributed by atoms with Gasteiger partial charge in [-0.25, -0.2) is 4.79 Å². The largest absolute Gasteiger partial charge is 0.379 e. The highest BCUT2D eigenvalue weighted by atomic mass is 16.5. The van der Waals surface area contributed by atoms with Gasteiger partial charge in [0.15, 0.2) is 0 Å². The first-order valence-electron chi connectivity index (χ1n) is 5.13. The highest BCUT2D eigenvalue weighted by molar-refractivity contribution is 5.74. The minimum atomic E-state index is -0.131. The molecule has 1 fully saturated rings. The molecule has 0 spiro atoms. The average Bonchev–Trinajstić information content (AvgIpc) is 2.69. The lowest BCUT2D eigenvalue weighted by Crippen LogP contribution is -2.46. The van der Waals surface area contributed by atoms with Crippen LogP contribution in [0.15, 0.2) is 0 Å². The summed E-state index contributed by atoms with van der Waals surface area (Å²) in [5, 5.41) is 11.4. The maximum Gasteiger partial charge on any atom is 0.317 e. The molecule has 1 N–H and O–H groups in total. The Morgan fingerprint density at radius 1 is 1.80 bits per heavy atom. The van der Waals surface area contributed by atoms with Gasteiger partial charge in [0.25, 0.3) is 0 Å². The van der Waals surface area contributed by atoms with E-state index < -0.39 is 0 Å². The molecule has 2 atom stereocenters. The van der Waals surface area contributed by atoms with Crippen molar-refractivity contribution in [1.82, 2.24) is 10.2 Å². The Hall–Kier alpha value is -1.28. The molecule has 0 aliphatic carbocycles. The number of nitrogens with one attached hydrogen (secondary N) is 1. The van der Waals surface area contributed by atoms with Crippen LogP contribution in [0, 0.1) is 11.3 Å². The van der Waals surface area contributed by atoms with Crippen molar-refractivity contribution in [1.29, 1.82) is 5.26 Å². The van der Waals surface area contributed by atoms with Gasteiger partial charge in [0.2, 0.25) is 0 Å². The van der Waals surface area contributed by atoms with E-state index in [2.05, 4.69) is 11.4 Å². The third-order valence-electron chi connectivity index (χ3n) is 2.63. The number of carbonyl (C=O) groups excluding carboxylic acids is 1. The maximum atomic E-state index is 11.7. The molecule has 1 rings (SSSR count). The van der Waals surface area contributed by atoms with Gasteiger partial charge in [-0.1, -0.05) is 0 Å². The Bertz CT molecular complexity index is 256. The number of nitriles is 1. The minimum absolute atomic E-state index is 0.0580. The fourth-order valence-electron chi connectivity index (χ4n) is 1.39. The van der Waals surface area contributed by atoms with E-state index in [-0.39, 0.29) is 18.1 Å². The zero-order chi connectivity index (χ0) is 11.3. The SMILES string of the molecule is CC(CC#N)N(C)C(=O)NC1CCOC1. The number of rotatable bonds is 3. The van der Waals surface area contributed by atoms with Crippen molar-refractivity contribution in [2.24, 2.45) is 0 Å². The molecule has 5 heteroatoms. The predicted molar refractivity (Wildman–Crippen MR) is 55.2 cm³/mol. The fraction of sp³-hybridized carbons (Fsp3) is 0.800. The lowest BCUT2D eigenvalue weighted by atomic mass is 10.2. The molecule has 5 nitrogen and oxygen atoms in total. The van der Waals surface area contributed by atoms with Gasteiger partial charge in [0.05, 0.1) is 25.1 Å². The number of carbonyl (C=O) groups is 1. The van der Waals surface area contributed by atoms with Crippen molar-refractivity contribution >= 4 is 6.03 Å². The van der Waals surface area contributed by atoms with Crippen molar-refractivity contribution in [3.63, 3.8) is 0 Å². The van der Waals surface area contributed by atoms with E-state index in [1.54, 1.807) is 11.9 Å². The minimum Gasteiger partial charge on any atom is -0.379 e. The summed E-state index contributed by atoms with van der Waals surface area (Å²) in [4.78, 5) is 13.2. The van der Waals surface area contributed by atoms with Crippen LogP contribution in [0.2, 0.25) is 0 Å². The summed E-state index contributed by atoms with van der Waals surface area (Å²) in [5.74, 6) is 0. The van der Waals surface area contributed by atoms with Crippen LogP contribution in [-0.4, -0.2) is 43.3 Å². The van der Waals surface area contributed by atoms with Crippen LogP contribution in [0.3, 0.4) is 0 Å². The number of urea groups is 1. The highest BCUT2D eigenvalue weighted by Gasteiger charge is 2.21. The first-order valence-corrected chi connectivity index (χ1v) is 5.13. The van der Waals surface area contributed by atoms with Crippen LogP contribution in [0.25, 0.3) is 0 Å². The predicted octanol–water partition coefficient (Wildman–Crippen LogP) is 0.719. The molecule has 1 heterocycles. The van der Waals surface area contributed by atoms with Gasteiger partial charge < -0.3 is 15.0 Å². The van der Waals surface area contributed by atoms with Crippen molar-refractivity contribution < 1.29 is 9.53 Å². The summed E-state index contributed by atoms with van der Waals surface area (Å²) >= 11 is 0. The number of hydrogen-bond acceptors (Lipinski definition) is 3. The van der Waals surface area contributed by atoms with Crippen LogP contribution in [0.4, 0.5) is 4.79 Å². The average molecular weight is 211 g/mol. The normalized spacial score (nSPS) is 21.8. The van der Waals surface area contributed by atoms with E-state index in [0.29, 0.717) is 19.6 Å². The summed E-state index contributed by atoms with van der Waals surface area (Å²) in [6, 6.07) is 1.98. The van der Waals surface area contributed by atoms with E-state index >= 15 is 0 Å². The van der Waals surface area contributed by atoms with Gasteiger partial charge in [-0.05, 0) is 13.3 Å². The van der Waals surface area contributed by atoms with E-state index in [1.807, 2.05) is 6.92 Å². The first-order chi connectivity index (χ1) is 7.15. The molecule has 1 saturated heterocycles. The molecule has 84 valence electrons. The monoisotopic (exact) mass is 211 g/mol. The molecule has 0 saturated carbocycles. The second-order valence-corrected chi connectivity index (χ2v) is 3.83. The van der Waals surface area contributed by atoms with Gasteiger partial charge >= 0.3 is 6.03 Å². The Morgan fingerprint density at radius 3 is 3.07 bits per heavy atom. The molecule has 1 aliphatic heterocycles. The number of nitrogens with zero attached hydrogens (tertiary/aromatic N) is 2.